The number of aryl methyl sites for hydroxylation is 1. The van der Waals surface area contributed by atoms with Crippen molar-refractivity contribution in [2.45, 2.75) is 38.6 Å². The molecule has 3 N–H and O–H groups in total. The van der Waals surface area contributed by atoms with Crippen LogP contribution < -0.4 is 10.6 Å². The molecule has 3 aromatic rings. The summed E-state index contributed by atoms with van der Waals surface area (Å²) < 4.78 is 49.2. The second-order valence-electron chi connectivity index (χ2n) is 7.94. The summed E-state index contributed by atoms with van der Waals surface area (Å²) in [5.41, 5.74) is 2.67. The van der Waals surface area contributed by atoms with Crippen molar-refractivity contribution < 1.29 is 27.2 Å². The predicted octanol–water partition coefficient (Wildman–Crippen LogP) is 5.93. The summed E-state index contributed by atoms with van der Waals surface area (Å²) in [5, 5.41) is 6.43. The maximum absolute atomic E-state index is 14.8. The number of hydrogen-bond donors (Lipinski definition) is 3. The second-order valence-corrected chi connectivity index (χ2v) is 8.76. The maximum Gasteiger partial charge on any atom is 0.316 e. The summed E-state index contributed by atoms with van der Waals surface area (Å²) in [4.78, 5) is 8.66. The van der Waals surface area contributed by atoms with Crippen LogP contribution in [0, 0.1) is 11.6 Å². The lowest BCUT2D eigenvalue weighted by Crippen LogP contribution is -2.17. The average molecular weight is 493 g/mol. The third kappa shape index (κ3) is 8.37. The minimum absolute atomic E-state index is 0.162. The highest BCUT2D eigenvalue weighted by Crippen LogP contribution is 2.31. The first-order valence-electron chi connectivity index (χ1n) is 11.4. The zero-order chi connectivity index (χ0) is 24.2. The molecule has 0 aliphatic heterocycles. The molecule has 0 saturated heterocycles. The molecule has 6 nitrogen and oxygen atoms in total. The molecular weight excluding hydrogens is 461 g/mol. The summed E-state index contributed by atoms with van der Waals surface area (Å²) in [6.45, 7) is 1.67. The quantitative estimate of drug-likeness (QED) is 0.180. The van der Waals surface area contributed by atoms with Gasteiger partial charge in [0.1, 0.15) is 17.4 Å². The summed E-state index contributed by atoms with van der Waals surface area (Å²) >= 11 is 0. The highest BCUT2D eigenvalue weighted by atomic mass is 31.1. The van der Waals surface area contributed by atoms with Crippen LogP contribution in [-0.2, 0) is 22.1 Å². The Balaban J connectivity index is 1.51. The molecule has 1 heterocycles. The van der Waals surface area contributed by atoms with Crippen molar-refractivity contribution in [1.29, 1.82) is 0 Å². The van der Waals surface area contributed by atoms with Crippen LogP contribution in [0.4, 0.5) is 14.5 Å². The van der Waals surface area contributed by atoms with Gasteiger partial charge in [0.15, 0.2) is 0 Å². The molecule has 9 heteroatoms. The van der Waals surface area contributed by atoms with Crippen molar-refractivity contribution in [2.75, 3.05) is 25.0 Å². The average Bonchev–Trinajstić information content (AvgIpc) is 3.35. The molecule has 0 amide bonds. The van der Waals surface area contributed by atoms with Crippen molar-refractivity contribution in [3.8, 4) is 11.3 Å². The van der Waals surface area contributed by atoms with Crippen molar-refractivity contribution in [2.24, 2.45) is 0 Å². The minimum Gasteiger partial charge on any atom is -0.464 e. The molecule has 1 atom stereocenters. The van der Waals surface area contributed by atoms with E-state index in [0.717, 1.165) is 30.4 Å². The minimum atomic E-state index is -2.91. The second kappa shape index (κ2) is 14.0. The molecule has 2 aromatic carbocycles. The Kier molecular flexibility index (Phi) is 10.8. The van der Waals surface area contributed by atoms with Crippen LogP contribution in [0.3, 0.4) is 0 Å². The highest BCUT2D eigenvalue weighted by Gasteiger charge is 2.13. The van der Waals surface area contributed by atoms with E-state index < -0.39 is 8.25 Å². The van der Waals surface area contributed by atoms with E-state index in [1.165, 1.54) is 12.1 Å². The van der Waals surface area contributed by atoms with Gasteiger partial charge in [0.25, 0.3) is 0 Å². The Labute approximate surface area is 199 Å². The van der Waals surface area contributed by atoms with E-state index >= 15 is 0 Å². The first-order chi connectivity index (χ1) is 16.5. The van der Waals surface area contributed by atoms with Crippen LogP contribution in [0.25, 0.3) is 11.3 Å². The first-order valence-corrected chi connectivity index (χ1v) is 12.7. The maximum atomic E-state index is 14.8. The van der Waals surface area contributed by atoms with Gasteiger partial charge in [0, 0.05) is 29.9 Å². The van der Waals surface area contributed by atoms with Crippen molar-refractivity contribution in [3.05, 3.63) is 77.6 Å². The van der Waals surface area contributed by atoms with E-state index in [1.807, 2.05) is 18.2 Å². The Hall–Kier alpha value is -2.51. The van der Waals surface area contributed by atoms with Gasteiger partial charge >= 0.3 is 8.25 Å². The molecule has 0 fully saturated rings. The molecule has 0 spiro atoms. The number of furan rings is 1. The van der Waals surface area contributed by atoms with Gasteiger partial charge in [-0.05, 0) is 68.1 Å². The fraction of sp³-hybridized carbons (Fsp3) is 0.360. The number of rotatable bonds is 15. The molecular formula is C25H31F2N2O4P. The number of benzene rings is 2. The van der Waals surface area contributed by atoms with Crippen LogP contribution in [0.1, 0.15) is 36.8 Å². The lowest BCUT2D eigenvalue weighted by Gasteiger charge is -2.14. The van der Waals surface area contributed by atoms with Gasteiger partial charge in [-0.3, -0.25) is 4.57 Å². The summed E-state index contributed by atoms with van der Waals surface area (Å²) in [5.74, 6) is 0.149. The molecule has 0 aliphatic carbocycles. The third-order valence-electron chi connectivity index (χ3n) is 5.41. The monoisotopic (exact) mass is 492 g/mol. The molecule has 3 rings (SSSR count). The Bertz CT molecular complexity index is 1050. The zero-order valence-electron chi connectivity index (χ0n) is 19.0. The molecule has 0 aliphatic rings. The Morgan fingerprint density at radius 1 is 0.941 bits per heavy atom. The van der Waals surface area contributed by atoms with Gasteiger partial charge in [-0.1, -0.05) is 24.6 Å². The fourth-order valence-corrected chi connectivity index (χ4v) is 3.98. The van der Waals surface area contributed by atoms with E-state index in [-0.39, 0.29) is 18.2 Å². The van der Waals surface area contributed by atoms with E-state index in [2.05, 4.69) is 15.2 Å². The van der Waals surface area contributed by atoms with Crippen molar-refractivity contribution >= 4 is 13.9 Å². The number of nitrogens with one attached hydrogen (secondary N) is 2. The summed E-state index contributed by atoms with van der Waals surface area (Å²) in [6, 6.07) is 13.7. The summed E-state index contributed by atoms with van der Waals surface area (Å²) in [7, 11) is -2.91. The topological polar surface area (TPSA) is 83.7 Å². The van der Waals surface area contributed by atoms with Gasteiger partial charge in [0.05, 0.1) is 12.9 Å². The molecule has 34 heavy (non-hydrogen) atoms. The Morgan fingerprint density at radius 3 is 2.56 bits per heavy atom. The number of unbranched alkanes of at least 4 members (excludes halogenated alkanes) is 2. The van der Waals surface area contributed by atoms with Crippen LogP contribution >= 0.6 is 8.25 Å². The van der Waals surface area contributed by atoms with Crippen molar-refractivity contribution in [3.63, 3.8) is 0 Å². The molecule has 0 radical (unpaired) electrons. The van der Waals surface area contributed by atoms with E-state index in [9.17, 15) is 13.3 Å². The number of halogens is 2. The molecule has 184 valence electrons. The SMILES string of the molecule is O=[PH](O)OCCCNCc1cc(-c2ccco2)c(NCCCCCc2ccccc2F)cc1F. The largest absolute Gasteiger partial charge is 0.464 e. The van der Waals surface area contributed by atoms with Gasteiger partial charge in [-0.25, -0.2) is 8.78 Å². The molecule has 1 unspecified atom stereocenters. The first kappa shape index (κ1) is 26.1. The molecule has 0 bridgehead atoms. The third-order valence-corrected chi connectivity index (χ3v) is 5.86. The van der Waals surface area contributed by atoms with E-state index in [1.54, 1.807) is 24.5 Å². The lowest BCUT2D eigenvalue weighted by atomic mass is 10.0. The standard InChI is InChI=1S/C25H31F2N2O4P/c26-22-10-4-3-9-19(22)8-2-1-5-13-29-24-17-23(27)20(16-21(24)25-11-6-14-32-25)18-28-12-7-15-33-34(30)31/h3-4,6,9-11,14,16-17,28-29,34H,1-2,5,7-8,12-13,15,18H2,(H,30,31). The van der Waals surface area contributed by atoms with Gasteiger partial charge in [0.2, 0.25) is 0 Å². The van der Waals surface area contributed by atoms with Crippen molar-refractivity contribution in [1.82, 2.24) is 5.32 Å². The zero-order valence-corrected chi connectivity index (χ0v) is 20.0. The lowest BCUT2D eigenvalue weighted by molar-refractivity contribution is 0.276. The fourth-order valence-electron chi connectivity index (χ4n) is 3.66. The number of hydrogen-bond acceptors (Lipinski definition) is 5. The van der Waals surface area contributed by atoms with Crippen LogP contribution in [0.5, 0.6) is 0 Å². The highest BCUT2D eigenvalue weighted by molar-refractivity contribution is 7.32. The predicted molar refractivity (Wildman–Crippen MR) is 130 cm³/mol. The Morgan fingerprint density at radius 2 is 1.79 bits per heavy atom. The normalized spacial score (nSPS) is 12.1. The van der Waals surface area contributed by atoms with Crippen LogP contribution in [0.2, 0.25) is 0 Å². The number of anilines is 1. The molecule has 0 saturated carbocycles. The van der Waals surface area contributed by atoms with Gasteiger partial charge in [-0.2, -0.15) is 0 Å². The van der Waals surface area contributed by atoms with Gasteiger partial charge in [-0.15, -0.1) is 0 Å². The van der Waals surface area contributed by atoms with E-state index in [4.69, 9.17) is 9.31 Å². The van der Waals surface area contributed by atoms with E-state index in [0.29, 0.717) is 49.5 Å². The molecule has 1 aromatic heterocycles. The van der Waals surface area contributed by atoms with Crippen LogP contribution in [0.15, 0.2) is 59.2 Å². The van der Waals surface area contributed by atoms with Crippen LogP contribution in [-0.4, -0.2) is 24.6 Å². The summed E-state index contributed by atoms with van der Waals surface area (Å²) in [6.07, 6.45) is 5.50. The van der Waals surface area contributed by atoms with Gasteiger partial charge < -0.3 is 24.5 Å². The smallest absolute Gasteiger partial charge is 0.316 e.